The summed E-state index contributed by atoms with van der Waals surface area (Å²) in [6.45, 7) is 1.45. The summed E-state index contributed by atoms with van der Waals surface area (Å²) in [5, 5.41) is 0.456. The summed E-state index contributed by atoms with van der Waals surface area (Å²) in [7, 11) is 0. The van der Waals surface area contributed by atoms with Crippen molar-refractivity contribution in [3.8, 4) is 5.75 Å². The zero-order chi connectivity index (χ0) is 13.3. The van der Waals surface area contributed by atoms with E-state index < -0.39 is 12.0 Å². The average Bonchev–Trinajstić information content (AvgIpc) is 2.35. The maximum absolute atomic E-state index is 12.0. The van der Waals surface area contributed by atoms with Gasteiger partial charge in [-0.15, -0.1) is 0 Å². The molecule has 0 saturated carbocycles. The fraction of sp³-hybridized carbons (Fsp3) is 0.273. The normalized spacial score (nSPS) is 18.1. The highest BCUT2D eigenvalue weighted by Gasteiger charge is 2.32. The van der Waals surface area contributed by atoms with Gasteiger partial charge in [-0.3, -0.25) is 19.9 Å². The number of hydrazine groups is 1. The maximum atomic E-state index is 12.0. The zero-order valence-electron chi connectivity index (χ0n) is 9.64. The van der Waals surface area contributed by atoms with E-state index in [2.05, 4.69) is 0 Å². The van der Waals surface area contributed by atoms with E-state index >= 15 is 0 Å². The SMILES string of the molecule is C[C@H]1Oc2ccc(Cl)cc2N(CC(=O)NN)C1=O. The van der Waals surface area contributed by atoms with Crippen molar-refractivity contribution in [1.29, 1.82) is 0 Å². The summed E-state index contributed by atoms with van der Waals surface area (Å²) in [6.07, 6.45) is -0.649. The first kappa shape index (κ1) is 12.7. The van der Waals surface area contributed by atoms with Gasteiger partial charge in [0, 0.05) is 5.02 Å². The van der Waals surface area contributed by atoms with E-state index in [0.29, 0.717) is 16.5 Å². The number of nitrogens with one attached hydrogen (secondary N) is 1. The molecule has 0 aliphatic carbocycles. The largest absolute Gasteiger partial charge is 0.479 e. The molecule has 3 N–H and O–H groups in total. The highest BCUT2D eigenvalue weighted by Crippen LogP contribution is 2.35. The number of nitrogens with two attached hydrogens (primary N) is 1. The molecule has 1 heterocycles. The fourth-order valence-corrected chi connectivity index (χ4v) is 1.90. The molecule has 0 bridgehead atoms. The van der Waals surface area contributed by atoms with Crippen LogP contribution >= 0.6 is 11.6 Å². The zero-order valence-corrected chi connectivity index (χ0v) is 10.4. The summed E-state index contributed by atoms with van der Waals surface area (Å²) in [5.74, 6) is 4.75. The molecule has 0 radical (unpaired) electrons. The van der Waals surface area contributed by atoms with Crippen molar-refractivity contribution in [1.82, 2.24) is 5.43 Å². The van der Waals surface area contributed by atoms with Crippen LogP contribution in [0.3, 0.4) is 0 Å². The van der Waals surface area contributed by atoms with E-state index in [1.165, 1.54) is 4.90 Å². The standard InChI is InChI=1S/C11H12ClN3O3/c1-6-11(17)15(5-10(16)14-13)8-4-7(12)2-3-9(8)18-6/h2-4,6H,5,13H2,1H3,(H,14,16)/t6-/m1/s1. The second-order valence-corrected chi connectivity index (χ2v) is 4.30. The molecule has 2 rings (SSSR count). The van der Waals surface area contributed by atoms with E-state index in [-0.39, 0.29) is 12.5 Å². The molecule has 0 saturated heterocycles. The van der Waals surface area contributed by atoms with Crippen molar-refractivity contribution >= 4 is 29.1 Å². The van der Waals surface area contributed by atoms with Crippen molar-refractivity contribution in [2.75, 3.05) is 11.4 Å². The minimum Gasteiger partial charge on any atom is -0.479 e. The predicted octanol–water partition coefficient (Wildman–Crippen LogP) is 0.444. The van der Waals surface area contributed by atoms with Gasteiger partial charge < -0.3 is 4.74 Å². The third kappa shape index (κ3) is 2.25. The minimum absolute atomic E-state index is 0.170. The molecular weight excluding hydrogens is 258 g/mol. The molecule has 0 fully saturated rings. The predicted molar refractivity (Wildman–Crippen MR) is 66.2 cm³/mol. The lowest BCUT2D eigenvalue weighted by Gasteiger charge is -2.32. The Bertz CT molecular complexity index is 506. The second kappa shape index (κ2) is 4.83. The van der Waals surface area contributed by atoms with Crippen LogP contribution in [0.1, 0.15) is 6.92 Å². The van der Waals surface area contributed by atoms with E-state index in [1.54, 1.807) is 25.1 Å². The highest BCUT2D eigenvalue weighted by molar-refractivity contribution is 6.31. The number of fused-ring (bicyclic) bond motifs is 1. The highest BCUT2D eigenvalue weighted by atomic mass is 35.5. The Morgan fingerprint density at radius 2 is 2.33 bits per heavy atom. The lowest BCUT2D eigenvalue weighted by Crippen LogP contribution is -2.49. The average molecular weight is 270 g/mol. The number of ether oxygens (including phenoxy) is 1. The molecule has 0 spiro atoms. The van der Waals surface area contributed by atoms with Crippen molar-refractivity contribution in [3.63, 3.8) is 0 Å². The summed E-state index contributed by atoms with van der Waals surface area (Å²) in [4.78, 5) is 24.6. The number of nitrogens with zero attached hydrogens (tertiary/aromatic N) is 1. The Morgan fingerprint density at radius 1 is 1.61 bits per heavy atom. The van der Waals surface area contributed by atoms with Crippen LogP contribution in [0.15, 0.2) is 18.2 Å². The van der Waals surface area contributed by atoms with Gasteiger partial charge in [-0.2, -0.15) is 0 Å². The monoisotopic (exact) mass is 269 g/mol. The van der Waals surface area contributed by atoms with Crippen molar-refractivity contribution in [2.45, 2.75) is 13.0 Å². The van der Waals surface area contributed by atoms with Crippen LogP contribution in [-0.4, -0.2) is 24.5 Å². The van der Waals surface area contributed by atoms with E-state index in [0.717, 1.165) is 0 Å². The molecule has 1 aliphatic rings. The number of amides is 2. The van der Waals surface area contributed by atoms with Crippen LogP contribution in [0, 0.1) is 0 Å². The van der Waals surface area contributed by atoms with Crippen LogP contribution in [-0.2, 0) is 9.59 Å². The number of rotatable bonds is 2. The molecule has 7 heteroatoms. The van der Waals surface area contributed by atoms with Crippen LogP contribution in [0.25, 0.3) is 0 Å². The molecule has 0 aromatic heterocycles. The summed E-state index contributed by atoms with van der Waals surface area (Å²) in [5.41, 5.74) is 2.45. The lowest BCUT2D eigenvalue weighted by atomic mass is 10.2. The van der Waals surface area contributed by atoms with Crippen molar-refractivity contribution in [3.05, 3.63) is 23.2 Å². The minimum atomic E-state index is -0.649. The smallest absolute Gasteiger partial charge is 0.268 e. The third-order valence-corrected chi connectivity index (χ3v) is 2.83. The molecule has 96 valence electrons. The molecule has 0 unspecified atom stereocenters. The fourth-order valence-electron chi connectivity index (χ4n) is 1.73. The Morgan fingerprint density at radius 3 is 3.00 bits per heavy atom. The molecular formula is C11H12ClN3O3. The molecule has 1 aromatic carbocycles. The Labute approximate surface area is 109 Å². The first-order chi connectivity index (χ1) is 8.52. The number of hydrogen-bond donors (Lipinski definition) is 2. The number of benzene rings is 1. The number of carbonyl (C=O) groups excluding carboxylic acids is 2. The molecule has 6 nitrogen and oxygen atoms in total. The van der Waals surface area contributed by atoms with E-state index in [9.17, 15) is 9.59 Å². The third-order valence-electron chi connectivity index (χ3n) is 2.59. The molecule has 1 atom stereocenters. The number of hydrogen-bond acceptors (Lipinski definition) is 4. The maximum Gasteiger partial charge on any atom is 0.268 e. The summed E-state index contributed by atoms with van der Waals surface area (Å²) in [6, 6.07) is 4.89. The van der Waals surface area contributed by atoms with Gasteiger partial charge in [0.25, 0.3) is 11.8 Å². The number of anilines is 1. The van der Waals surface area contributed by atoms with Gasteiger partial charge in [-0.05, 0) is 25.1 Å². The van der Waals surface area contributed by atoms with Crippen LogP contribution < -0.4 is 20.9 Å². The number of halogens is 1. The van der Waals surface area contributed by atoms with Crippen LogP contribution in [0.2, 0.25) is 5.02 Å². The first-order valence-corrected chi connectivity index (χ1v) is 5.67. The summed E-state index contributed by atoms with van der Waals surface area (Å²) >= 11 is 5.88. The van der Waals surface area contributed by atoms with E-state index in [4.69, 9.17) is 22.2 Å². The lowest BCUT2D eigenvalue weighted by molar-refractivity contribution is -0.128. The van der Waals surface area contributed by atoms with Gasteiger partial charge in [0.1, 0.15) is 12.3 Å². The Hall–Kier alpha value is -1.79. The van der Waals surface area contributed by atoms with Gasteiger partial charge in [0.15, 0.2) is 6.10 Å². The second-order valence-electron chi connectivity index (χ2n) is 3.86. The van der Waals surface area contributed by atoms with Crippen LogP contribution in [0.5, 0.6) is 5.75 Å². The van der Waals surface area contributed by atoms with Gasteiger partial charge in [-0.25, -0.2) is 5.84 Å². The molecule has 2 amide bonds. The van der Waals surface area contributed by atoms with Gasteiger partial charge in [-0.1, -0.05) is 11.6 Å². The molecule has 18 heavy (non-hydrogen) atoms. The quantitative estimate of drug-likeness (QED) is 0.464. The molecule has 1 aliphatic heterocycles. The van der Waals surface area contributed by atoms with Gasteiger partial charge in [0.2, 0.25) is 0 Å². The number of carbonyl (C=O) groups is 2. The van der Waals surface area contributed by atoms with Gasteiger partial charge in [0.05, 0.1) is 5.69 Å². The molecule has 1 aromatic rings. The van der Waals surface area contributed by atoms with E-state index in [1.807, 2.05) is 5.43 Å². The van der Waals surface area contributed by atoms with Gasteiger partial charge >= 0.3 is 0 Å². The Kier molecular flexibility index (Phi) is 3.40. The topological polar surface area (TPSA) is 84.7 Å². The Balaban J connectivity index is 2.40. The van der Waals surface area contributed by atoms with Crippen LogP contribution in [0.4, 0.5) is 5.69 Å². The first-order valence-electron chi connectivity index (χ1n) is 5.30. The van der Waals surface area contributed by atoms with Crippen molar-refractivity contribution in [2.24, 2.45) is 5.84 Å². The summed E-state index contributed by atoms with van der Waals surface area (Å²) < 4.78 is 5.43. The van der Waals surface area contributed by atoms with Crippen molar-refractivity contribution < 1.29 is 14.3 Å².